The highest BCUT2D eigenvalue weighted by Gasteiger charge is 2.40. The molecule has 9 nitrogen and oxygen atoms in total. The van der Waals surface area contributed by atoms with E-state index in [9.17, 15) is 4.79 Å². The van der Waals surface area contributed by atoms with Gasteiger partial charge in [-0.25, -0.2) is 15.0 Å². The molecule has 0 radical (unpaired) electrons. The Morgan fingerprint density at radius 1 is 1.25 bits per heavy atom. The van der Waals surface area contributed by atoms with Gasteiger partial charge < -0.3 is 24.9 Å². The molecule has 0 atom stereocenters. The van der Waals surface area contributed by atoms with Gasteiger partial charge in [-0.15, -0.1) is 0 Å². The maximum Gasteiger partial charge on any atom is 0.298 e. The number of aromatic nitrogens is 3. The van der Waals surface area contributed by atoms with Gasteiger partial charge in [0.15, 0.2) is 5.76 Å². The molecule has 1 aliphatic heterocycles. The van der Waals surface area contributed by atoms with Gasteiger partial charge in [0.05, 0.1) is 6.20 Å². The minimum atomic E-state index is -0.734. The van der Waals surface area contributed by atoms with Crippen LogP contribution in [0.2, 0.25) is 0 Å². The van der Waals surface area contributed by atoms with Gasteiger partial charge in [0.25, 0.3) is 6.01 Å². The molecule has 2 aromatic heterocycles. The van der Waals surface area contributed by atoms with Crippen LogP contribution in [0, 0.1) is 6.92 Å². The second-order valence-electron chi connectivity index (χ2n) is 8.78. The lowest BCUT2D eigenvalue weighted by molar-refractivity contribution is -0.126. The maximum atomic E-state index is 12.3. The van der Waals surface area contributed by atoms with Crippen LogP contribution in [0.4, 0.5) is 17.7 Å². The first kappa shape index (κ1) is 21.8. The molecule has 32 heavy (non-hydrogen) atoms. The molecule has 0 bridgehead atoms. The fraction of sp³-hybridized carbons (Fsp3) is 0.391. The zero-order valence-electron chi connectivity index (χ0n) is 19.1. The third-order valence-corrected chi connectivity index (χ3v) is 5.40. The van der Waals surface area contributed by atoms with Crippen LogP contribution >= 0.6 is 0 Å². The summed E-state index contributed by atoms with van der Waals surface area (Å²) in [6, 6.07) is 8.45. The number of benzene rings is 1. The molecule has 0 saturated carbocycles. The number of carbonyl (C=O) groups is 1. The Balaban J connectivity index is 1.67. The number of rotatable bonds is 6. The quantitative estimate of drug-likeness (QED) is 0.610. The lowest BCUT2D eigenvalue weighted by Crippen LogP contribution is -2.62. The number of nitrogens with zero attached hydrogens (tertiary/aromatic N) is 5. The predicted octanol–water partition coefficient (Wildman–Crippen LogP) is 2.96. The monoisotopic (exact) mass is 435 g/mol. The second-order valence-corrected chi connectivity index (χ2v) is 8.78. The Labute approximate surface area is 187 Å². The Morgan fingerprint density at radius 2 is 2.06 bits per heavy atom. The van der Waals surface area contributed by atoms with E-state index in [1.807, 2.05) is 51.9 Å². The average Bonchev–Trinajstić information content (AvgIpc) is 3.19. The molecule has 168 valence electrons. The second kappa shape index (κ2) is 8.58. The van der Waals surface area contributed by atoms with Crippen molar-refractivity contribution in [3.8, 4) is 11.3 Å². The highest BCUT2D eigenvalue weighted by molar-refractivity contribution is 5.89. The van der Waals surface area contributed by atoms with Crippen LogP contribution in [0.25, 0.3) is 11.3 Å². The SMILES string of the molecule is Cc1ccnc(Nc2cc(CN(C)C)cc(-c3cnc(N4CCNC(=O)C4(C)C)o3)c2)n1. The van der Waals surface area contributed by atoms with Gasteiger partial charge in [-0.05, 0) is 64.7 Å². The summed E-state index contributed by atoms with van der Waals surface area (Å²) in [6.07, 6.45) is 3.44. The maximum absolute atomic E-state index is 12.3. The predicted molar refractivity (Wildman–Crippen MR) is 124 cm³/mol. The van der Waals surface area contributed by atoms with E-state index in [0.717, 1.165) is 29.1 Å². The van der Waals surface area contributed by atoms with Crippen LogP contribution in [-0.4, -0.2) is 58.5 Å². The third kappa shape index (κ3) is 4.57. The number of piperazine rings is 1. The van der Waals surface area contributed by atoms with Crippen molar-refractivity contribution < 1.29 is 9.21 Å². The molecule has 1 amide bonds. The van der Waals surface area contributed by atoms with Gasteiger partial charge in [-0.1, -0.05) is 0 Å². The first-order chi connectivity index (χ1) is 15.2. The molecular formula is C23H29N7O2. The summed E-state index contributed by atoms with van der Waals surface area (Å²) >= 11 is 0. The molecule has 2 N–H and O–H groups in total. The van der Waals surface area contributed by atoms with E-state index < -0.39 is 5.54 Å². The van der Waals surface area contributed by atoms with Crippen molar-refractivity contribution in [1.29, 1.82) is 0 Å². The summed E-state index contributed by atoms with van der Waals surface area (Å²) in [5, 5.41) is 6.19. The molecular weight excluding hydrogens is 406 g/mol. The van der Waals surface area contributed by atoms with Crippen LogP contribution < -0.4 is 15.5 Å². The number of oxazole rings is 1. The zero-order chi connectivity index (χ0) is 22.9. The van der Waals surface area contributed by atoms with Gasteiger partial charge in [0, 0.05) is 42.8 Å². The lowest BCUT2D eigenvalue weighted by Gasteiger charge is -2.40. The van der Waals surface area contributed by atoms with Crippen LogP contribution in [0.3, 0.4) is 0 Å². The number of carbonyl (C=O) groups excluding carboxylic acids is 1. The molecule has 0 unspecified atom stereocenters. The van der Waals surface area contributed by atoms with Crippen LogP contribution in [0.5, 0.6) is 0 Å². The molecule has 3 aromatic rings. The van der Waals surface area contributed by atoms with Gasteiger partial charge in [-0.3, -0.25) is 4.79 Å². The number of aryl methyl sites for hydroxylation is 1. The molecule has 1 fully saturated rings. The van der Waals surface area contributed by atoms with Gasteiger partial charge in [-0.2, -0.15) is 0 Å². The average molecular weight is 436 g/mol. The molecule has 1 saturated heterocycles. The Hall–Kier alpha value is -3.46. The fourth-order valence-electron chi connectivity index (χ4n) is 3.76. The van der Waals surface area contributed by atoms with E-state index in [-0.39, 0.29) is 5.91 Å². The Kier molecular flexibility index (Phi) is 5.84. The van der Waals surface area contributed by atoms with Gasteiger partial charge >= 0.3 is 0 Å². The fourth-order valence-corrected chi connectivity index (χ4v) is 3.76. The summed E-state index contributed by atoms with van der Waals surface area (Å²) in [6.45, 7) is 7.62. The van der Waals surface area contributed by atoms with E-state index in [1.54, 1.807) is 12.4 Å². The Morgan fingerprint density at radius 3 is 2.81 bits per heavy atom. The summed E-state index contributed by atoms with van der Waals surface area (Å²) in [7, 11) is 4.05. The van der Waals surface area contributed by atoms with Gasteiger partial charge in [0.1, 0.15) is 5.54 Å². The number of anilines is 3. The first-order valence-corrected chi connectivity index (χ1v) is 10.6. The highest BCUT2D eigenvalue weighted by atomic mass is 16.4. The molecule has 4 rings (SSSR count). The van der Waals surface area contributed by atoms with Crippen molar-refractivity contribution in [2.75, 3.05) is 37.4 Å². The summed E-state index contributed by atoms with van der Waals surface area (Å²) in [4.78, 5) is 29.6. The molecule has 1 aromatic carbocycles. The first-order valence-electron chi connectivity index (χ1n) is 10.6. The van der Waals surface area contributed by atoms with E-state index in [0.29, 0.717) is 30.8 Å². The smallest absolute Gasteiger partial charge is 0.298 e. The lowest BCUT2D eigenvalue weighted by atomic mass is 10.00. The van der Waals surface area contributed by atoms with Crippen LogP contribution in [0.15, 0.2) is 41.1 Å². The molecule has 0 aliphatic carbocycles. The van der Waals surface area contributed by atoms with Gasteiger partial charge in [0.2, 0.25) is 11.9 Å². The topological polar surface area (TPSA) is 99.4 Å². The van der Waals surface area contributed by atoms with E-state index in [4.69, 9.17) is 4.42 Å². The third-order valence-electron chi connectivity index (χ3n) is 5.40. The molecule has 3 heterocycles. The minimum absolute atomic E-state index is 0.0406. The highest BCUT2D eigenvalue weighted by Crippen LogP contribution is 2.32. The normalized spacial score (nSPS) is 15.7. The molecule has 0 spiro atoms. The van der Waals surface area contributed by atoms with Crippen molar-refractivity contribution in [1.82, 2.24) is 25.2 Å². The minimum Gasteiger partial charge on any atom is -0.423 e. The largest absolute Gasteiger partial charge is 0.423 e. The molecule has 1 aliphatic rings. The summed E-state index contributed by atoms with van der Waals surface area (Å²) in [5.41, 5.74) is 3.01. The Bertz CT molecular complexity index is 1120. The number of amides is 1. The number of hydrogen-bond acceptors (Lipinski definition) is 8. The zero-order valence-corrected chi connectivity index (χ0v) is 19.1. The van der Waals surface area contributed by atoms with Crippen molar-refractivity contribution in [3.05, 3.63) is 47.9 Å². The molecule has 9 heteroatoms. The standard InChI is InChI=1S/C23H29N7O2/c1-15-6-7-25-21(27-15)28-18-11-16(14-29(4)5)10-17(12-18)19-13-26-22(32-19)30-9-8-24-20(31)23(30,2)3/h6-7,10-13H,8-9,14H2,1-5H3,(H,24,31)(H,25,27,28). The van der Waals surface area contributed by atoms with Crippen molar-refractivity contribution >= 4 is 23.6 Å². The van der Waals surface area contributed by atoms with E-state index in [1.165, 1.54) is 0 Å². The van der Waals surface area contributed by atoms with Crippen LogP contribution in [0.1, 0.15) is 25.1 Å². The van der Waals surface area contributed by atoms with Crippen molar-refractivity contribution in [2.45, 2.75) is 32.9 Å². The summed E-state index contributed by atoms with van der Waals surface area (Å²) < 4.78 is 6.14. The van der Waals surface area contributed by atoms with Crippen LogP contribution in [-0.2, 0) is 11.3 Å². The van der Waals surface area contributed by atoms with E-state index in [2.05, 4.69) is 42.6 Å². The van der Waals surface area contributed by atoms with Crippen molar-refractivity contribution in [3.63, 3.8) is 0 Å². The number of nitrogens with one attached hydrogen (secondary N) is 2. The van der Waals surface area contributed by atoms with E-state index >= 15 is 0 Å². The van der Waals surface area contributed by atoms with Crippen molar-refractivity contribution in [2.24, 2.45) is 0 Å². The number of hydrogen-bond donors (Lipinski definition) is 2. The summed E-state index contributed by atoms with van der Waals surface area (Å²) in [5.74, 6) is 1.13.